The Morgan fingerprint density at radius 3 is 2.78 bits per heavy atom. The molecule has 0 fully saturated rings. The lowest BCUT2D eigenvalue weighted by Crippen LogP contribution is -2.10. The van der Waals surface area contributed by atoms with Gasteiger partial charge in [-0.1, -0.05) is 12.1 Å². The first-order valence-corrected chi connectivity index (χ1v) is 8.53. The summed E-state index contributed by atoms with van der Waals surface area (Å²) in [6.45, 7) is -0.455. The molecule has 9 heteroatoms. The number of carboxylic acids is 1. The van der Waals surface area contributed by atoms with Gasteiger partial charge in [-0.25, -0.2) is 9.78 Å². The number of aromatic nitrogens is 1. The van der Waals surface area contributed by atoms with Crippen LogP contribution in [0, 0.1) is 10.1 Å². The van der Waals surface area contributed by atoms with Crippen molar-refractivity contribution >= 4 is 45.4 Å². The molecule has 0 bridgehead atoms. The third-order valence-electron chi connectivity index (χ3n) is 3.56. The molecule has 0 aliphatic carbocycles. The van der Waals surface area contributed by atoms with Gasteiger partial charge in [0.1, 0.15) is 5.01 Å². The minimum Gasteiger partial charge on any atom is -0.493 e. The molecule has 27 heavy (non-hydrogen) atoms. The summed E-state index contributed by atoms with van der Waals surface area (Å²) in [6.07, 6.45) is 3.61. The topological polar surface area (TPSA) is 112 Å². The fourth-order valence-electron chi connectivity index (χ4n) is 2.33. The fourth-order valence-corrected chi connectivity index (χ4v) is 3.23. The SMILES string of the molecule is COc1cc(C=Cc2nc3ccc([N+](=O)[O-])cc3s2)ccc1OCC(=O)O. The molecule has 8 nitrogen and oxygen atoms in total. The van der Waals surface area contributed by atoms with Crippen molar-refractivity contribution in [3.63, 3.8) is 0 Å². The maximum absolute atomic E-state index is 10.9. The lowest BCUT2D eigenvalue weighted by atomic mass is 10.2. The third-order valence-corrected chi connectivity index (χ3v) is 4.54. The van der Waals surface area contributed by atoms with Gasteiger partial charge in [-0.2, -0.15) is 0 Å². The first kappa shape index (κ1) is 18.3. The Labute approximate surface area is 157 Å². The molecule has 0 aliphatic heterocycles. The molecule has 1 N–H and O–H groups in total. The van der Waals surface area contributed by atoms with Crippen molar-refractivity contribution in [2.45, 2.75) is 0 Å². The maximum Gasteiger partial charge on any atom is 0.341 e. The van der Waals surface area contributed by atoms with E-state index in [0.717, 1.165) is 10.3 Å². The van der Waals surface area contributed by atoms with E-state index < -0.39 is 17.5 Å². The third kappa shape index (κ3) is 4.39. The Morgan fingerprint density at radius 1 is 1.26 bits per heavy atom. The van der Waals surface area contributed by atoms with E-state index in [-0.39, 0.29) is 5.69 Å². The van der Waals surface area contributed by atoms with Crippen LogP contribution in [0.3, 0.4) is 0 Å². The van der Waals surface area contributed by atoms with E-state index in [4.69, 9.17) is 14.6 Å². The zero-order valence-corrected chi connectivity index (χ0v) is 14.9. The number of nitrogens with zero attached hydrogens (tertiary/aromatic N) is 2. The van der Waals surface area contributed by atoms with Crippen molar-refractivity contribution in [1.29, 1.82) is 0 Å². The van der Waals surface area contributed by atoms with Gasteiger partial charge in [0.2, 0.25) is 0 Å². The quantitative estimate of drug-likeness (QED) is 0.485. The lowest BCUT2D eigenvalue weighted by Gasteiger charge is -2.09. The molecule has 3 aromatic rings. The minimum absolute atomic E-state index is 0.0309. The second-order valence-corrected chi connectivity index (χ2v) is 6.45. The van der Waals surface area contributed by atoms with Crippen molar-refractivity contribution < 1.29 is 24.3 Å². The zero-order valence-electron chi connectivity index (χ0n) is 14.1. The van der Waals surface area contributed by atoms with Crippen LogP contribution in [0.5, 0.6) is 11.5 Å². The number of rotatable bonds is 7. The van der Waals surface area contributed by atoms with Crippen LogP contribution < -0.4 is 9.47 Å². The van der Waals surface area contributed by atoms with Gasteiger partial charge in [-0.05, 0) is 29.8 Å². The predicted octanol–water partition coefficient (Wildman–Crippen LogP) is 3.85. The number of fused-ring (bicyclic) bond motifs is 1. The highest BCUT2D eigenvalue weighted by molar-refractivity contribution is 7.19. The molecule has 0 atom stereocenters. The highest BCUT2D eigenvalue weighted by atomic mass is 32.1. The van der Waals surface area contributed by atoms with Crippen molar-refractivity contribution in [3.8, 4) is 11.5 Å². The molecule has 0 saturated heterocycles. The van der Waals surface area contributed by atoms with E-state index in [1.54, 1.807) is 30.3 Å². The molecule has 0 unspecified atom stereocenters. The Kier molecular flexibility index (Phi) is 5.32. The zero-order chi connectivity index (χ0) is 19.4. The standard InChI is InChI=1S/C18H14N2O6S/c1-25-15-8-11(2-6-14(15)26-10-18(21)22)3-7-17-19-13-5-4-12(20(23)24)9-16(13)27-17/h2-9H,10H2,1H3,(H,21,22). The number of hydrogen-bond acceptors (Lipinski definition) is 7. The fraction of sp³-hybridized carbons (Fsp3) is 0.111. The van der Waals surface area contributed by atoms with Crippen molar-refractivity contribution in [2.24, 2.45) is 0 Å². The van der Waals surface area contributed by atoms with E-state index in [2.05, 4.69) is 4.98 Å². The molecule has 1 heterocycles. The normalized spacial score (nSPS) is 11.0. The largest absolute Gasteiger partial charge is 0.493 e. The highest BCUT2D eigenvalue weighted by Crippen LogP contribution is 2.30. The molecule has 0 radical (unpaired) electrons. The molecular formula is C18H14N2O6S. The van der Waals surface area contributed by atoms with Crippen molar-refractivity contribution in [2.75, 3.05) is 13.7 Å². The summed E-state index contributed by atoms with van der Waals surface area (Å²) >= 11 is 1.35. The van der Waals surface area contributed by atoms with Crippen molar-refractivity contribution in [1.82, 2.24) is 4.98 Å². The minimum atomic E-state index is -1.07. The van der Waals surface area contributed by atoms with Gasteiger partial charge in [0.25, 0.3) is 5.69 Å². The van der Waals surface area contributed by atoms with Crippen LogP contribution in [-0.2, 0) is 4.79 Å². The van der Waals surface area contributed by atoms with Crippen LogP contribution in [0.4, 0.5) is 5.69 Å². The summed E-state index contributed by atoms with van der Waals surface area (Å²) in [5.74, 6) is -0.320. The summed E-state index contributed by atoms with van der Waals surface area (Å²) < 4.78 is 11.1. The summed E-state index contributed by atoms with van der Waals surface area (Å²) in [5, 5.41) is 20.2. The number of nitro groups is 1. The molecule has 0 spiro atoms. The van der Waals surface area contributed by atoms with E-state index in [9.17, 15) is 14.9 Å². The van der Waals surface area contributed by atoms with Crippen LogP contribution in [0.2, 0.25) is 0 Å². The predicted molar refractivity (Wildman–Crippen MR) is 101 cm³/mol. The second-order valence-electron chi connectivity index (χ2n) is 5.39. The Hall–Kier alpha value is -3.46. The summed E-state index contributed by atoms with van der Waals surface area (Å²) in [7, 11) is 1.47. The maximum atomic E-state index is 10.9. The molecule has 3 rings (SSSR count). The molecule has 138 valence electrons. The second kappa shape index (κ2) is 7.83. The van der Waals surface area contributed by atoms with Crippen LogP contribution >= 0.6 is 11.3 Å². The van der Waals surface area contributed by atoms with Crippen LogP contribution in [-0.4, -0.2) is 34.7 Å². The average Bonchev–Trinajstić information content (AvgIpc) is 3.06. The molecule has 0 saturated carbocycles. The Bertz CT molecular complexity index is 1040. The molecular weight excluding hydrogens is 372 g/mol. The summed E-state index contributed by atoms with van der Waals surface area (Å²) in [5.41, 5.74) is 1.53. The highest BCUT2D eigenvalue weighted by Gasteiger charge is 2.10. The van der Waals surface area contributed by atoms with Crippen molar-refractivity contribution in [3.05, 3.63) is 57.1 Å². The number of non-ortho nitro benzene ring substituents is 1. The average molecular weight is 386 g/mol. The number of thiazole rings is 1. The number of nitro benzene ring substituents is 1. The number of aliphatic carboxylic acids is 1. The van der Waals surface area contributed by atoms with E-state index in [1.165, 1.54) is 30.6 Å². The number of benzene rings is 2. The first-order valence-electron chi connectivity index (χ1n) is 7.72. The van der Waals surface area contributed by atoms with Crippen LogP contribution in [0.25, 0.3) is 22.4 Å². The number of ether oxygens (including phenoxy) is 2. The van der Waals surface area contributed by atoms with E-state index in [0.29, 0.717) is 22.0 Å². The summed E-state index contributed by atoms with van der Waals surface area (Å²) in [6, 6.07) is 9.65. The molecule has 1 aromatic heterocycles. The smallest absolute Gasteiger partial charge is 0.341 e. The van der Waals surface area contributed by atoms with Gasteiger partial charge in [-0.15, -0.1) is 11.3 Å². The summed E-state index contributed by atoms with van der Waals surface area (Å²) in [4.78, 5) is 25.5. The van der Waals surface area contributed by atoms with Gasteiger partial charge in [0.15, 0.2) is 18.1 Å². The molecule has 0 amide bonds. The number of carbonyl (C=O) groups is 1. The molecule has 0 aliphatic rings. The van der Waals surface area contributed by atoms with E-state index >= 15 is 0 Å². The van der Waals surface area contributed by atoms with Crippen LogP contribution in [0.15, 0.2) is 36.4 Å². The van der Waals surface area contributed by atoms with Gasteiger partial charge in [0, 0.05) is 12.1 Å². The van der Waals surface area contributed by atoms with Gasteiger partial charge in [0.05, 0.1) is 22.2 Å². The number of methoxy groups -OCH3 is 1. The van der Waals surface area contributed by atoms with Crippen LogP contribution in [0.1, 0.15) is 10.6 Å². The van der Waals surface area contributed by atoms with Gasteiger partial charge < -0.3 is 14.6 Å². The van der Waals surface area contributed by atoms with Gasteiger partial charge >= 0.3 is 5.97 Å². The number of hydrogen-bond donors (Lipinski definition) is 1. The monoisotopic (exact) mass is 386 g/mol. The Morgan fingerprint density at radius 2 is 2.07 bits per heavy atom. The lowest BCUT2D eigenvalue weighted by molar-refractivity contribution is -0.384. The van der Waals surface area contributed by atoms with E-state index in [1.807, 2.05) is 6.08 Å². The molecule has 2 aromatic carbocycles. The first-order chi connectivity index (χ1) is 13.0. The Balaban J connectivity index is 1.81. The van der Waals surface area contributed by atoms with Gasteiger partial charge in [-0.3, -0.25) is 10.1 Å². The number of carboxylic acid groups (broad SMARTS) is 1.